The Morgan fingerprint density at radius 3 is 3.07 bits per heavy atom. The summed E-state index contributed by atoms with van der Waals surface area (Å²) >= 11 is 0. The van der Waals surface area contributed by atoms with E-state index in [1.807, 2.05) is 6.92 Å². The van der Waals surface area contributed by atoms with Gasteiger partial charge in [0.1, 0.15) is 0 Å². The van der Waals surface area contributed by atoms with Crippen molar-refractivity contribution in [2.45, 2.75) is 32.5 Å². The van der Waals surface area contributed by atoms with Crippen molar-refractivity contribution in [1.82, 2.24) is 15.0 Å². The summed E-state index contributed by atoms with van der Waals surface area (Å²) in [6.07, 6.45) is 2.38. The third-order valence-corrected chi connectivity index (χ3v) is 2.73. The number of rotatable bonds is 2. The summed E-state index contributed by atoms with van der Waals surface area (Å²) in [5.41, 5.74) is 0. The number of aryl methyl sites for hydroxylation is 1. The maximum absolute atomic E-state index is 5.00. The van der Waals surface area contributed by atoms with Crippen LogP contribution in [0, 0.1) is 6.92 Å². The number of nitrogens with zero attached hydrogens (tertiary/aromatic N) is 3. The summed E-state index contributed by atoms with van der Waals surface area (Å²) < 4.78 is 5.00. The Balaban J connectivity index is 2.04. The molecule has 1 unspecified atom stereocenters. The lowest BCUT2D eigenvalue weighted by atomic mass is 9.87. The van der Waals surface area contributed by atoms with E-state index in [-0.39, 0.29) is 0 Å². The van der Waals surface area contributed by atoms with Crippen molar-refractivity contribution in [1.29, 1.82) is 0 Å². The molecule has 1 aromatic rings. The second-order valence-corrected chi connectivity index (χ2v) is 3.76. The van der Waals surface area contributed by atoms with Gasteiger partial charge >= 0.3 is 0 Å². The highest BCUT2D eigenvalue weighted by molar-refractivity contribution is 6.29. The predicted molar refractivity (Wildman–Crippen MR) is 54.2 cm³/mol. The highest BCUT2D eigenvalue weighted by Gasteiger charge is 2.23. The first-order valence-electron chi connectivity index (χ1n) is 5.13. The Kier molecular flexibility index (Phi) is 2.86. The van der Waals surface area contributed by atoms with E-state index in [2.05, 4.69) is 29.2 Å². The van der Waals surface area contributed by atoms with E-state index in [4.69, 9.17) is 4.52 Å². The summed E-state index contributed by atoms with van der Waals surface area (Å²) in [5.74, 6) is 1.98. The molecule has 1 aliphatic heterocycles. The second kappa shape index (κ2) is 4.13. The van der Waals surface area contributed by atoms with Gasteiger partial charge in [-0.2, -0.15) is 4.98 Å². The third-order valence-electron chi connectivity index (χ3n) is 2.73. The fourth-order valence-electron chi connectivity index (χ4n) is 1.93. The van der Waals surface area contributed by atoms with Crippen LogP contribution in [0.1, 0.15) is 30.5 Å². The lowest BCUT2D eigenvalue weighted by molar-refractivity contribution is 0.308. The van der Waals surface area contributed by atoms with Gasteiger partial charge in [0.15, 0.2) is 5.82 Å². The van der Waals surface area contributed by atoms with Crippen molar-refractivity contribution in [3.8, 4) is 0 Å². The third kappa shape index (κ3) is 1.98. The van der Waals surface area contributed by atoms with Gasteiger partial charge in [0.2, 0.25) is 13.3 Å². The zero-order chi connectivity index (χ0) is 9.97. The first-order chi connectivity index (χ1) is 6.79. The van der Waals surface area contributed by atoms with Crippen molar-refractivity contribution in [2.24, 2.45) is 0 Å². The van der Waals surface area contributed by atoms with Gasteiger partial charge in [0, 0.05) is 12.8 Å². The van der Waals surface area contributed by atoms with Gasteiger partial charge in [-0.3, -0.25) is 0 Å². The summed E-state index contributed by atoms with van der Waals surface area (Å²) in [6.45, 7) is 6.09. The Morgan fingerprint density at radius 1 is 1.57 bits per heavy atom. The van der Waals surface area contributed by atoms with Crippen molar-refractivity contribution < 1.29 is 4.52 Å². The molecule has 4 nitrogen and oxygen atoms in total. The van der Waals surface area contributed by atoms with Crippen LogP contribution in [0.15, 0.2) is 4.52 Å². The van der Waals surface area contributed by atoms with E-state index in [9.17, 15) is 0 Å². The monoisotopic (exact) mass is 192 g/mol. The van der Waals surface area contributed by atoms with Gasteiger partial charge in [-0.15, -0.1) is 0 Å². The largest absolute Gasteiger partial charge is 0.346 e. The minimum Gasteiger partial charge on any atom is -0.346 e. The van der Waals surface area contributed by atoms with Crippen LogP contribution in [0.5, 0.6) is 0 Å². The molecular formula is C9H15BN3O. The van der Waals surface area contributed by atoms with E-state index in [1.165, 1.54) is 12.8 Å². The van der Waals surface area contributed by atoms with Crippen LogP contribution in [-0.4, -0.2) is 35.5 Å². The zero-order valence-corrected chi connectivity index (χ0v) is 8.73. The lowest BCUT2D eigenvalue weighted by Gasteiger charge is -2.29. The first-order valence-corrected chi connectivity index (χ1v) is 5.13. The molecule has 0 aliphatic carbocycles. The molecule has 1 aromatic heterocycles. The van der Waals surface area contributed by atoms with Crippen molar-refractivity contribution in [2.75, 3.05) is 13.1 Å². The number of hydrogen-bond acceptors (Lipinski definition) is 4. The standard InChI is InChI=1S/C9H15BN3O/c1-7-11-9(12-14-7)8-4-3-5-13(6-8)10-2/h8H,3-6H2,1-2H3. The van der Waals surface area contributed by atoms with Gasteiger partial charge in [0.25, 0.3) is 0 Å². The van der Waals surface area contributed by atoms with Gasteiger partial charge in [-0.25, -0.2) is 0 Å². The minimum absolute atomic E-state index is 0.442. The summed E-state index contributed by atoms with van der Waals surface area (Å²) in [5, 5.41) is 3.98. The van der Waals surface area contributed by atoms with Crippen molar-refractivity contribution in [3.05, 3.63) is 11.7 Å². The second-order valence-electron chi connectivity index (χ2n) is 3.76. The Labute approximate surface area is 84.9 Å². The summed E-state index contributed by atoms with van der Waals surface area (Å²) in [6, 6.07) is 0. The molecule has 2 rings (SSSR count). The van der Waals surface area contributed by atoms with Crippen LogP contribution in [-0.2, 0) is 0 Å². The average molecular weight is 192 g/mol. The Morgan fingerprint density at radius 2 is 2.43 bits per heavy atom. The van der Waals surface area contributed by atoms with E-state index < -0.39 is 0 Å². The zero-order valence-electron chi connectivity index (χ0n) is 8.73. The average Bonchev–Trinajstić information content (AvgIpc) is 2.65. The molecule has 5 heteroatoms. The number of hydrogen-bond donors (Lipinski definition) is 0. The molecule has 0 spiro atoms. The van der Waals surface area contributed by atoms with Crippen LogP contribution in [0.2, 0.25) is 6.82 Å². The van der Waals surface area contributed by atoms with Gasteiger partial charge in [-0.05, 0) is 25.9 Å². The van der Waals surface area contributed by atoms with E-state index in [0.717, 1.165) is 18.9 Å². The number of piperidine rings is 1. The smallest absolute Gasteiger partial charge is 0.223 e. The Hall–Kier alpha value is -0.835. The molecular weight excluding hydrogens is 177 g/mol. The van der Waals surface area contributed by atoms with Gasteiger partial charge < -0.3 is 9.33 Å². The molecule has 1 atom stereocenters. The lowest BCUT2D eigenvalue weighted by Crippen LogP contribution is -2.36. The fraction of sp³-hybridized carbons (Fsp3) is 0.778. The van der Waals surface area contributed by atoms with Gasteiger partial charge in [-0.1, -0.05) is 12.0 Å². The maximum atomic E-state index is 5.00. The van der Waals surface area contributed by atoms with Crippen LogP contribution < -0.4 is 0 Å². The van der Waals surface area contributed by atoms with Crippen LogP contribution in [0.3, 0.4) is 0 Å². The fourth-order valence-corrected chi connectivity index (χ4v) is 1.93. The van der Waals surface area contributed by atoms with Crippen LogP contribution >= 0.6 is 0 Å². The SMILES string of the molecule is C[B]N1CCCC(c2noc(C)n2)C1. The molecule has 0 saturated carbocycles. The quantitative estimate of drug-likeness (QED) is 0.660. The molecule has 0 bridgehead atoms. The molecule has 1 aliphatic rings. The molecule has 1 radical (unpaired) electrons. The van der Waals surface area contributed by atoms with E-state index >= 15 is 0 Å². The maximum Gasteiger partial charge on any atom is 0.223 e. The van der Waals surface area contributed by atoms with E-state index in [0.29, 0.717) is 11.8 Å². The summed E-state index contributed by atoms with van der Waals surface area (Å²) in [4.78, 5) is 6.60. The molecule has 1 saturated heterocycles. The highest BCUT2D eigenvalue weighted by atomic mass is 16.5. The van der Waals surface area contributed by atoms with Crippen LogP contribution in [0.4, 0.5) is 0 Å². The van der Waals surface area contributed by atoms with Gasteiger partial charge in [0.05, 0.1) is 0 Å². The topological polar surface area (TPSA) is 42.2 Å². The normalized spacial score (nSPS) is 23.7. The molecule has 2 heterocycles. The Bertz CT molecular complexity index is 302. The minimum atomic E-state index is 0.442. The van der Waals surface area contributed by atoms with Crippen molar-refractivity contribution in [3.63, 3.8) is 0 Å². The molecule has 1 fully saturated rings. The molecule has 14 heavy (non-hydrogen) atoms. The first kappa shape index (κ1) is 9.71. The molecule has 0 aromatic carbocycles. The van der Waals surface area contributed by atoms with E-state index in [1.54, 1.807) is 0 Å². The van der Waals surface area contributed by atoms with Crippen molar-refractivity contribution >= 4 is 7.41 Å². The molecule has 75 valence electrons. The van der Waals surface area contributed by atoms with Crippen LogP contribution in [0.25, 0.3) is 0 Å². The summed E-state index contributed by atoms with van der Waals surface area (Å²) in [7, 11) is 2.14. The highest BCUT2D eigenvalue weighted by Crippen LogP contribution is 2.23. The predicted octanol–water partition coefficient (Wildman–Crippen LogP) is 1.22. The molecule has 0 amide bonds. The number of aromatic nitrogens is 2. The molecule has 0 N–H and O–H groups in total.